The molecule has 1 saturated heterocycles. The van der Waals surface area contributed by atoms with Gasteiger partial charge < -0.3 is 20.4 Å². The lowest BCUT2D eigenvalue weighted by Crippen LogP contribution is -2.38. The van der Waals surface area contributed by atoms with Gasteiger partial charge in [-0.05, 0) is 19.8 Å². The number of hydrogen-bond donors (Lipinski definition) is 3. The van der Waals surface area contributed by atoms with Crippen LogP contribution in [0.2, 0.25) is 0 Å². The van der Waals surface area contributed by atoms with E-state index in [4.69, 9.17) is 4.84 Å². The van der Waals surface area contributed by atoms with Crippen molar-refractivity contribution in [3.8, 4) is 0 Å². The highest BCUT2D eigenvalue weighted by Crippen LogP contribution is 2.34. The van der Waals surface area contributed by atoms with Crippen LogP contribution >= 0.6 is 0 Å². The number of fused-ring (bicyclic) bond motifs is 1. The number of aryl methyl sites for hydroxylation is 1. The van der Waals surface area contributed by atoms with Gasteiger partial charge in [0.1, 0.15) is 9.84 Å². The van der Waals surface area contributed by atoms with E-state index < -0.39 is 15.4 Å². The SMILES string of the molecule is CCn1ncc2c(NC3CCS(=O)(=O)CC3)c(C3=NOC(CO)(CO)C3)cnc21. The van der Waals surface area contributed by atoms with Crippen LogP contribution in [0.5, 0.6) is 0 Å². The second kappa shape index (κ2) is 7.54. The molecule has 10 nitrogen and oxygen atoms in total. The molecule has 0 unspecified atom stereocenters. The summed E-state index contributed by atoms with van der Waals surface area (Å²) in [5, 5.41) is 32.0. The van der Waals surface area contributed by atoms with E-state index in [0.717, 1.165) is 16.7 Å². The van der Waals surface area contributed by atoms with Crippen molar-refractivity contribution >= 4 is 32.3 Å². The predicted molar refractivity (Wildman–Crippen MR) is 108 cm³/mol. The minimum absolute atomic E-state index is 0.00351. The third kappa shape index (κ3) is 3.69. The van der Waals surface area contributed by atoms with Gasteiger partial charge >= 0.3 is 0 Å². The Bertz CT molecular complexity index is 1030. The second-order valence-electron chi connectivity index (χ2n) is 7.62. The third-order valence-corrected chi connectivity index (χ3v) is 7.31. The Morgan fingerprint density at radius 1 is 1.28 bits per heavy atom. The Kier molecular flexibility index (Phi) is 5.21. The number of pyridine rings is 1. The molecule has 0 bridgehead atoms. The van der Waals surface area contributed by atoms with Gasteiger partial charge in [0.15, 0.2) is 11.2 Å². The van der Waals surface area contributed by atoms with Crippen LogP contribution in [0.3, 0.4) is 0 Å². The number of nitrogens with zero attached hydrogens (tertiary/aromatic N) is 4. The fraction of sp³-hybridized carbons (Fsp3) is 0.611. The van der Waals surface area contributed by atoms with Crippen LogP contribution in [-0.2, 0) is 21.2 Å². The Hall–Kier alpha value is -2.24. The Labute approximate surface area is 168 Å². The van der Waals surface area contributed by atoms with E-state index in [0.29, 0.717) is 30.7 Å². The largest absolute Gasteiger partial charge is 0.392 e. The highest BCUT2D eigenvalue weighted by molar-refractivity contribution is 7.91. The van der Waals surface area contributed by atoms with Gasteiger partial charge in [-0.1, -0.05) is 5.16 Å². The summed E-state index contributed by atoms with van der Waals surface area (Å²) in [6.45, 7) is 1.93. The molecule has 1 fully saturated rings. The molecule has 0 aliphatic carbocycles. The molecule has 158 valence electrons. The standard InChI is InChI=1S/C18H25N5O5S/c1-2-23-17-14(9-20-23)16(21-12-3-5-29(26,27)6-4-12)13(8-19-17)15-7-18(10-24,11-25)28-22-15/h8-9,12,24-25H,2-7,10-11H2,1H3,(H,19,21). The summed E-state index contributed by atoms with van der Waals surface area (Å²) in [5.41, 5.74) is 1.61. The van der Waals surface area contributed by atoms with Crippen LogP contribution in [0.25, 0.3) is 11.0 Å². The number of sulfone groups is 1. The van der Waals surface area contributed by atoms with Crippen molar-refractivity contribution in [3.05, 3.63) is 18.0 Å². The van der Waals surface area contributed by atoms with Gasteiger partial charge in [0.2, 0.25) is 0 Å². The lowest BCUT2D eigenvalue weighted by molar-refractivity contribution is -0.0878. The highest BCUT2D eigenvalue weighted by Gasteiger charge is 2.40. The van der Waals surface area contributed by atoms with Crippen molar-refractivity contribution in [2.75, 3.05) is 30.0 Å². The lowest BCUT2D eigenvalue weighted by Gasteiger charge is -2.25. The summed E-state index contributed by atoms with van der Waals surface area (Å²) < 4.78 is 25.4. The first-order valence-corrected chi connectivity index (χ1v) is 11.5. The van der Waals surface area contributed by atoms with E-state index >= 15 is 0 Å². The molecule has 0 radical (unpaired) electrons. The van der Waals surface area contributed by atoms with Crippen molar-refractivity contribution in [2.45, 2.75) is 44.4 Å². The van der Waals surface area contributed by atoms with E-state index in [9.17, 15) is 18.6 Å². The van der Waals surface area contributed by atoms with Crippen molar-refractivity contribution in [1.82, 2.24) is 14.8 Å². The Balaban J connectivity index is 1.72. The van der Waals surface area contributed by atoms with Gasteiger partial charge in [-0.25, -0.2) is 18.1 Å². The van der Waals surface area contributed by atoms with Crippen molar-refractivity contribution in [1.29, 1.82) is 0 Å². The Morgan fingerprint density at radius 2 is 2.00 bits per heavy atom. The first-order valence-electron chi connectivity index (χ1n) is 9.69. The quantitative estimate of drug-likeness (QED) is 0.602. The molecule has 3 N–H and O–H groups in total. The van der Waals surface area contributed by atoms with Gasteiger partial charge in [0, 0.05) is 30.8 Å². The zero-order chi connectivity index (χ0) is 20.6. The molecule has 0 aromatic carbocycles. The molecule has 0 spiro atoms. The molecule has 11 heteroatoms. The van der Waals surface area contributed by atoms with E-state index in [1.807, 2.05) is 6.92 Å². The number of nitrogens with one attached hydrogen (secondary N) is 1. The van der Waals surface area contributed by atoms with E-state index in [-0.39, 0.29) is 37.2 Å². The highest BCUT2D eigenvalue weighted by atomic mass is 32.2. The van der Waals surface area contributed by atoms with Crippen LogP contribution in [0.15, 0.2) is 17.5 Å². The molecule has 29 heavy (non-hydrogen) atoms. The van der Waals surface area contributed by atoms with Gasteiger partial charge in [-0.3, -0.25) is 0 Å². The molecule has 4 heterocycles. The maximum absolute atomic E-state index is 11.8. The van der Waals surface area contributed by atoms with E-state index in [2.05, 4.69) is 20.6 Å². The fourth-order valence-electron chi connectivity index (χ4n) is 3.76. The minimum Gasteiger partial charge on any atom is -0.392 e. The van der Waals surface area contributed by atoms with Crippen LogP contribution in [0.4, 0.5) is 5.69 Å². The predicted octanol–water partition coefficient (Wildman–Crippen LogP) is 0.288. The summed E-state index contributed by atoms with van der Waals surface area (Å²) in [4.78, 5) is 9.88. The maximum atomic E-state index is 11.8. The van der Waals surface area contributed by atoms with Gasteiger partial charge in [-0.15, -0.1) is 0 Å². The summed E-state index contributed by atoms with van der Waals surface area (Å²) in [5.74, 6) is 0.315. The number of anilines is 1. The van der Waals surface area contributed by atoms with Crippen molar-refractivity contribution < 1.29 is 23.5 Å². The smallest absolute Gasteiger partial charge is 0.188 e. The number of aromatic nitrogens is 3. The Morgan fingerprint density at radius 3 is 2.62 bits per heavy atom. The van der Waals surface area contributed by atoms with Crippen molar-refractivity contribution in [3.63, 3.8) is 0 Å². The van der Waals surface area contributed by atoms with E-state index in [1.54, 1.807) is 17.1 Å². The summed E-state index contributed by atoms with van der Waals surface area (Å²) in [7, 11) is -2.97. The van der Waals surface area contributed by atoms with Gasteiger partial charge in [0.05, 0.1) is 47.7 Å². The molecule has 2 aromatic rings. The van der Waals surface area contributed by atoms with Gasteiger partial charge in [0.25, 0.3) is 0 Å². The third-order valence-electron chi connectivity index (χ3n) is 5.60. The molecule has 0 saturated carbocycles. The first-order chi connectivity index (χ1) is 13.9. The second-order valence-corrected chi connectivity index (χ2v) is 9.92. The van der Waals surface area contributed by atoms with E-state index in [1.165, 1.54) is 0 Å². The molecule has 0 amide bonds. The molecule has 2 aromatic heterocycles. The van der Waals surface area contributed by atoms with Crippen LogP contribution in [0, 0.1) is 0 Å². The minimum atomic E-state index is -2.97. The number of oxime groups is 1. The first kappa shape index (κ1) is 20.0. The number of aliphatic hydroxyl groups is 2. The topological polar surface area (TPSA) is 139 Å². The van der Waals surface area contributed by atoms with Gasteiger partial charge in [-0.2, -0.15) is 5.10 Å². The zero-order valence-electron chi connectivity index (χ0n) is 16.2. The van der Waals surface area contributed by atoms with Crippen molar-refractivity contribution in [2.24, 2.45) is 5.16 Å². The summed E-state index contributed by atoms with van der Waals surface area (Å²) in [6, 6.07) is -0.00351. The lowest BCUT2D eigenvalue weighted by atomic mass is 9.95. The van der Waals surface area contributed by atoms with Crippen LogP contribution in [0.1, 0.15) is 31.7 Å². The normalized spacial score (nSPS) is 21.1. The summed E-state index contributed by atoms with van der Waals surface area (Å²) in [6.07, 6.45) is 4.70. The average Bonchev–Trinajstić information content (AvgIpc) is 3.34. The number of rotatable bonds is 6. The van der Waals surface area contributed by atoms with Crippen LogP contribution in [-0.4, -0.2) is 75.5 Å². The number of aliphatic hydroxyl groups excluding tert-OH is 2. The molecule has 2 aliphatic rings. The molecule has 0 atom stereocenters. The molecular formula is C18H25N5O5S. The maximum Gasteiger partial charge on any atom is 0.188 e. The number of hydrogen-bond acceptors (Lipinski definition) is 9. The average molecular weight is 423 g/mol. The zero-order valence-corrected chi connectivity index (χ0v) is 17.0. The molecule has 4 rings (SSSR count). The molecular weight excluding hydrogens is 398 g/mol. The fourth-order valence-corrected chi connectivity index (χ4v) is 5.25. The summed E-state index contributed by atoms with van der Waals surface area (Å²) >= 11 is 0. The molecule has 2 aliphatic heterocycles. The van der Waals surface area contributed by atoms with Crippen LogP contribution < -0.4 is 5.32 Å². The monoisotopic (exact) mass is 423 g/mol.